The van der Waals surface area contributed by atoms with Crippen LogP contribution in [0.15, 0.2) is 42.5 Å². The molecule has 23 heavy (non-hydrogen) atoms. The first kappa shape index (κ1) is 15.4. The van der Waals surface area contributed by atoms with Gasteiger partial charge in [-0.3, -0.25) is 0 Å². The van der Waals surface area contributed by atoms with E-state index in [1.165, 1.54) is 24.8 Å². The van der Waals surface area contributed by atoms with E-state index in [2.05, 4.69) is 74.8 Å². The zero-order valence-electron chi connectivity index (χ0n) is 14.9. The summed E-state index contributed by atoms with van der Waals surface area (Å²) in [5, 5.41) is 0. The maximum absolute atomic E-state index is 2.66. The fourth-order valence-electron chi connectivity index (χ4n) is 4.75. The zero-order chi connectivity index (χ0) is 16.2. The van der Waals surface area contributed by atoms with Crippen LogP contribution >= 0.6 is 0 Å². The summed E-state index contributed by atoms with van der Waals surface area (Å²) in [4.78, 5) is 0. The van der Waals surface area contributed by atoms with Crippen LogP contribution in [0.4, 0.5) is 0 Å². The van der Waals surface area contributed by atoms with E-state index in [9.17, 15) is 0 Å². The summed E-state index contributed by atoms with van der Waals surface area (Å²) in [5.74, 6) is 0. The Morgan fingerprint density at radius 2 is 1.48 bits per heavy atom. The molecule has 0 nitrogen and oxygen atoms in total. The molecule has 1 aromatic rings. The molecule has 0 saturated carbocycles. The van der Waals surface area contributed by atoms with Gasteiger partial charge in [0, 0.05) is 0 Å². The molecule has 0 saturated heterocycles. The Labute approximate surface area is 142 Å². The van der Waals surface area contributed by atoms with Crippen molar-refractivity contribution < 1.29 is 0 Å². The second-order valence-electron chi connectivity index (χ2n) is 8.68. The topological polar surface area (TPSA) is 0 Å². The van der Waals surface area contributed by atoms with Crippen LogP contribution in [0.2, 0.25) is 31.7 Å². The predicted molar refractivity (Wildman–Crippen MR) is 107 cm³/mol. The molecule has 1 atom stereocenters. The van der Waals surface area contributed by atoms with Crippen molar-refractivity contribution in [3.63, 3.8) is 0 Å². The Morgan fingerprint density at radius 1 is 0.826 bits per heavy atom. The Kier molecular flexibility index (Phi) is 3.47. The van der Waals surface area contributed by atoms with Crippen LogP contribution in [0.25, 0.3) is 6.08 Å². The summed E-state index contributed by atoms with van der Waals surface area (Å²) in [5.41, 5.74) is 7.89. The van der Waals surface area contributed by atoms with E-state index in [0.29, 0.717) is 5.54 Å². The van der Waals surface area contributed by atoms with Crippen molar-refractivity contribution in [2.45, 2.75) is 56.5 Å². The van der Waals surface area contributed by atoms with Crippen molar-refractivity contribution >= 4 is 21.3 Å². The third-order valence-electron chi connectivity index (χ3n) is 7.12. The molecule has 0 aliphatic heterocycles. The van der Waals surface area contributed by atoms with E-state index in [0.717, 1.165) is 5.54 Å². The maximum Gasteiger partial charge on any atom is 0.0548 e. The average Bonchev–Trinajstić information content (AvgIpc) is 3.24. The van der Waals surface area contributed by atoms with Crippen molar-refractivity contribution in [1.82, 2.24) is 0 Å². The Balaban J connectivity index is 1.74. The second-order valence-corrected chi connectivity index (χ2v) is 24.6. The molecule has 0 N–H and O–H groups in total. The van der Waals surface area contributed by atoms with Crippen LogP contribution in [0.3, 0.4) is 0 Å². The monoisotopic (exact) mass is 336 g/mol. The highest BCUT2D eigenvalue weighted by atomic mass is 29.3. The Bertz CT molecular complexity index is 722. The smallest absolute Gasteiger partial charge is 0.0548 e. The first-order valence-corrected chi connectivity index (χ1v) is 16.3. The molecule has 0 fully saturated rings. The summed E-state index contributed by atoms with van der Waals surface area (Å²) in [6.45, 7) is 10.6. The van der Waals surface area contributed by atoms with Crippen molar-refractivity contribution in [1.29, 1.82) is 0 Å². The zero-order valence-corrected chi connectivity index (χ0v) is 16.9. The molecule has 3 aliphatic rings. The molecule has 0 heterocycles. The molecular weight excluding hydrogens is 308 g/mol. The van der Waals surface area contributed by atoms with E-state index < -0.39 is 15.2 Å². The van der Waals surface area contributed by atoms with Gasteiger partial charge >= 0.3 is 0 Å². The molecule has 1 aromatic carbocycles. The molecule has 2 heteroatoms. The number of fused-ring (bicyclic) bond motifs is 2. The van der Waals surface area contributed by atoms with Crippen LogP contribution in [-0.4, -0.2) is 15.2 Å². The number of hydrogen-bond donors (Lipinski definition) is 0. The SMILES string of the molecule is C[Si](C)(C1C=CC=C1)[Si](C)(C)C1C=Cc2cc3c(cc21)CCC3. The number of benzene rings is 1. The fraction of sp³-hybridized carbons (Fsp3) is 0.429. The van der Waals surface area contributed by atoms with E-state index in [-0.39, 0.29) is 0 Å². The van der Waals surface area contributed by atoms with E-state index in [1.807, 2.05) is 0 Å². The minimum Gasteiger partial charge on any atom is -0.0806 e. The molecule has 0 radical (unpaired) electrons. The molecule has 0 aromatic heterocycles. The number of rotatable bonds is 3. The highest BCUT2D eigenvalue weighted by Crippen LogP contribution is 2.47. The molecule has 120 valence electrons. The van der Waals surface area contributed by atoms with Crippen molar-refractivity contribution in [2.75, 3.05) is 0 Å². The Morgan fingerprint density at radius 3 is 2.17 bits per heavy atom. The van der Waals surface area contributed by atoms with Crippen molar-refractivity contribution in [3.8, 4) is 0 Å². The van der Waals surface area contributed by atoms with Gasteiger partial charge in [-0.25, -0.2) is 0 Å². The Hall–Kier alpha value is -1.13. The minimum atomic E-state index is -1.40. The fourth-order valence-corrected chi connectivity index (χ4v) is 15.5. The van der Waals surface area contributed by atoms with Gasteiger partial charge in [0.2, 0.25) is 0 Å². The maximum atomic E-state index is 2.66. The van der Waals surface area contributed by atoms with Gasteiger partial charge in [0.15, 0.2) is 0 Å². The number of allylic oxidation sites excluding steroid dienone is 5. The van der Waals surface area contributed by atoms with Gasteiger partial charge < -0.3 is 0 Å². The van der Waals surface area contributed by atoms with Gasteiger partial charge in [0.1, 0.15) is 0 Å². The predicted octanol–water partition coefficient (Wildman–Crippen LogP) is 5.82. The van der Waals surface area contributed by atoms with Crippen molar-refractivity contribution in [2.24, 2.45) is 0 Å². The third-order valence-corrected chi connectivity index (χ3v) is 26.4. The van der Waals surface area contributed by atoms with Crippen LogP contribution in [0, 0.1) is 0 Å². The average molecular weight is 337 g/mol. The van der Waals surface area contributed by atoms with Gasteiger partial charge in [-0.15, -0.1) is 0 Å². The standard InChI is InChI=1S/C21H28Si2/c1-22(2,19-10-5-6-11-19)23(3,4)21-13-12-18-14-16-8-7-9-17(16)15-20(18)21/h5-6,10-15,19,21H,7-9H2,1-4H3. The first-order valence-electron chi connectivity index (χ1n) is 9.10. The summed E-state index contributed by atoms with van der Waals surface area (Å²) in [6.07, 6.45) is 18.4. The molecular formula is C21H28Si2. The molecule has 3 aliphatic carbocycles. The molecule has 1 unspecified atom stereocenters. The summed E-state index contributed by atoms with van der Waals surface area (Å²) in [6, 6.07) is 5.09. The third kappa shape index (κ3) is 2.22. The van der Waals surface area contributed by atoms with Gasteiger partial charge in [0.25, 0.3) is 0 Å². The van der Waals surface area contributed by atoms with E-state index in [4.69, 9.17) is 0 Å². The first-order chi connectivity index (χ1) is 10.9. The lowest BCUT2D eigenvalue weighted by Gasteiger charge is -2.45. The second kappa shape index (κ2) is 5.19. The largest absolute Gasteiger partial charge is 0.0806 e. The lowest BCUT2D eigenvalue weighted by Crippen LogP contribution is -2.60. The van der Waals surface area contributed by atoms with Crippen LogP contribution in [0.1, 0.15) is 34.2 Å². The summed E-state index contributed by atoms with van der Waals surface area (Å²) < 4.78 is 0. The minimum absolute atomic E-state index is 0.715. The van der Waals surface area contributed by atoms with Crippen LogP contribution in [0.5, 0.6) is 0 Å². The van der Waals surface area contributed by atoms with Gasteiger partial charge in [-0.1, -0.05) is 74.8 Å². The van der Waals surface area contributed by atoms with E-state index in [1.54, 1.807) is 16.7 Å². The highest BCUT2D eigenvalue weighted by molar-refractivity contribution is 7.42. The lowest BCUT2D eigenvalue weighted by atomic mass is 10.0. The summed E-state index contributed by atoms with van der Waals surface area (Å²) in [7, 11) is -2.74. The quantitative estimate of drug-likeness (QED) is 0.610. The van der Waals surface area contributed by atoms with Crippen LogP contribution in [-0.2, 0) is 12.8 Å². The molecule has 4 rings (SSSR count). The van der Waals surface area contributed by atoms with Gasteiger partial charge in [0.05, 0.1) is 15.2 Å². The van der Waals surface area contributed by atoms with Crippen molar-refractivity contribution in [3.05, 3.63) is 64.8 Å². The van der Waals surface area contributed by atoms with Gasteiger partial charge in [-0.05, 0) is 52.6 Å². The van der Waals surface area contributed by atoms with E-state index >= 15 is 0 Å². The normalized spacial score (nSPS) is 22.9. The molecule has 0 amide bonds. The molecule has 0 bridgehead atoms. The van der Waals surface area contributed by atoms with Crippen LogP contribution < -0.4 is 0 Å². The van der Waals surface area contributed by atoms with Gasteiger partial charge in [-0.2, -0.15) is 0 Å². The lowest BCUT2D eigenvalue weighted by molar-refractivity contribution is 0.911. The molecule has 0 spiro atoms. The number of hydrogen-bond acceptors (Lipinski definition) is 0. The number of aryl methyl sites for hydroxylation is 2. The highest BCUT2D eigenvalue weighted by Gasteiger charge is 2.50. The summed E-state index contributed by atoms with van der Waals surface area (Å²) >= 11 is 0.